The van der Waals surface area contributed by atoms with Crippen LogP contribution in [0.4, 0.5) is 10.9 Å². The first kappa shape index (κ1) is 17.1. The number of pyridine rings is 1. The van der Waals surface area contributed by atoms with E-state index in [-0.39, 0.29) is 5.91 Å². The zero-order valence-electron chi connectivity index (χ0n) is 13.8. The highest BCUT2D eigenvalue weighted by molar-refractivity contribution is 7.13. The van der Waals surface area contributed by atoms with Crippen molar-refractivity contribution in [2.45, 2.75) is 19.3 Å². The largest absolute Gasteiger partial charge is 0.356 e. The van der Waals surface area contributed by atoms with E-state index in [0.29, 0.717) is 13.0 Å². The summed E-state index contributed by atoms with van der Waals surface area (Å²) < 4.78 is 0. The Morgan fingerprint density at radius 1 is 1.08 bits per heavy atom. The van der Waals surface area contributed by atoms with Gasteiger partial charge in [-0.2, -0.15) is 0 Å². The molecule has 0 bridgehead atoms. The molecule has 2 aromatic heterocycles. The van der Waals surface area contributed by atoms with Crippen LogP contribution in [0, 0.1) is 0 Å². The Hall–Kier alpha value is -2.73. The number of carbonyl (C=O) groups excluding carboxylic acids is 1. The molecule has 2 N–H and O–H groups in total. The number of hydrogen-bond donors (Lipinski definition) is 2. The van der Waals surface area contributed by atoms with Crippen molar-refractivity contribution < 1.29 is 4.79 Å². The second kappa shape index (κ2) is 8.94. The molecule has 1 aromatic carbocycles. The molecule has 25 heavy (non-hydrogen) atoms. The second-order valence-corrected chi connectivity index (χ2v) is 6.46. The lowest BCUT2D eigenvalue weighted by Crippen LogP contribution is -2.26. The van der Waals surface area contributed by atoms with Crippen molar-refractivity contribution in [3.8, 4) is 0 Å². The zero-order chi connectivity index (χ0) is 17.3. The number of rotatable bonds is 8. The number of aryl methyl sites for hydroxylation is 1. The molecule has 0 spiro atoms. The van der Waals surface area contributed by atoms with E-state index in [2.05, 4.69) is 32.7 Å². The highest BCUT2D eigenvalue weighted by atomic mass is 32.1. The maximum Gasteiger partial charge on any atom is 0.226 e. The van der Waals surface area contributed by atoms with Gasteiger partial charge in [-0.05, 0) is 30.5 Å². The van der Waals surface area contributed by atoms with Crippen molar-refractivity contribution in [2.24, 2.45) is 0 Å². The number of nitrogens with zero attached hydrogens (tertiary/aromatic N) is 2. The van der Waals surface area contributed by atoms with Crippen molar-refractivity contribution in [1.82, 2.24) is 15.3 Å². The van der Waals surface area contributed by atoms with E-state index in [1.54, 1.807) is 6.20 Å². The molecular formula is C19H20N4OS. The molecule has 3 aromatic rings. The number of hydrogen-bond acceptors (Lipinski definition) is 5. The molecular weight excluding hydrogens is 332 g/mol. The molecule has 0 saturated carbocycles. The predicted octanol–water partition coefficient (Wildman–Crippen LogP) is 3.57. The Balaban J connectivity index is 1.39. The number of amides is 1. The molecule has 6 heteroatoms. The minimum Gasteiger partial charge on any atom is -0.356 e. The Morgan fingerprint density at radius 2 is 1.92 bits per heavy atom. The molecule has 128 valence electrons. The first-order valence-electron chi connectivity index (χ1n) is 8.23. The summed E-state index contributed by atoms with van der Waals surface area (Å²) in [5.74, 6) is 0.747. The zero-order valence-corrected chi connectivity index (χ0v) is 14.6. The third-order valence-corrected chi connectivity index (χ3v) is 4.41. The maximum atomic E-state index is 12.0. The number of thiazole rings is 1. The van der Waals surface area contributed by atoms with Crippen LogP contribution in [-0.2, 0) is 17.6 Å². The normalized spacial score (nSPS) is 10.4. The molecule has 0 saturated heterocycles. The Labute approximate surface area is 151 Å². The van der Waals surface area contributed by atoms with Crippen molar-refractivity contribution in [3.63, 3.8) is 0 Å². The van der Waals surface area contributed by atoms with Crippen LogP contribution in [0.5, 0.6) is 0 Å². The fourth-order valence-corrected chi connectivity index (χ4v) is 3.10. The highest BCUT2D eigenvalue weighted by Crippen LogP contribution is 2.19. The van der Waals surface area contributed by atoms with E-state index >= 15 is 0 Å². The van der Waals surface area contributed by atoms with Crippen molar-refractivity contribution in [2.75, 3.05) is 11.9 Å². The van der Waals surface area contributed by atoms with E-state index in [4.69, 9.17) is 0 Å². The number of carbonyl (C=O) groups is 1. The van der Waals surface area contributed by atoms with Crippen LogP contribution in [0.25, 0.3) is 0 Å². The van der Waals surface area contributed by atoms with Gasteiger partial charge < -0.3 is 10.6 Å². The number of benzene rings is 1. The monoisotopic (exact) mass is 352 g/mol. The Kier molecular flexibility index (Phi) is 6.11. The predicted molar refractivity (Wildman–Crippen MR) is 101 cm³/mol. The smallest absolute Gasteiger partial charge is 0.226 e. The van der Waals surface area contributed by atoms with Crippen LogP contribution in [0.3, 0.4) is 0 Å². The van der Waals surface area contributed by atoms with Crippen LogP contribution in [0.2, 0.25) is 0 Å². The van der Waals surface area contributed by atoms with Gasteiger partial charge in [0.05, 0.1) is 12.1 Å². The van der Waals surface area contributed by atoms with Crippen LogP contribution >= 0.6 is 11.3 Å². The summed E-state index contributed by atoms with van der Waals surface area (Å²) in [5, 5.41) is 8.72. The third kappa shape index (κ3) is 5.69. The molecule has 0 atom stereocenters. The molecule has 0 fully saturated rings. The van der Waals surface area contributed by atoms with E-state index in [0.717, 1.165) is 29.5 Å². The standard InChI is InChI=1S/C19H20N4OS/c24-18(21-12-6-9-15-7-2-1-3-8-15)13-16-14-25-19(22-16)23-17-10-4-5-11-20-17/h1-5,7-8,10-11,14H,6,9,12-13H2,(H,21,24)(H,20,22,23). The molecule has 0 radical (unpaired) electrons. The summed E-state index contributed by atoms with van der Waals surface area (Å²) in [5.41, 5.74) is 2.06. The van der Waals surface area contributed by atoms with Crippen molar-refractivity contribution >= 4 is 28.2 Å². The summed E-state index contributed by atoms with van der Waals surface area (Å²) in [4.78, 5) is 20.6. The molecule has 0 aliphatic rings. The lowest BCUT2D eigenvalue weighted by atomic mass is 10.1. The molecule has 0 aliphatic carbocycles. The van der Waals surface area contributed by atoms with E-state index in [1.165, 1.54) is 16.9 Å². The summed E-state index contributed by atoms with van der Waals surface area (Å²) in [6.07, 6.45) is 3.92. The van der Waals surface area contributed by atoms with Gasteiger partial charge in [0.1, 0.15) is 5.82 Å². The van der Waals surface area contributed by atoms with Gasteiger partial charge in [0.15, 0.2) is 5.13 Å². The van der Waals surface area contributed by atoms with Gasteiger partial charge in [-0.25, -0.2) is 9.97 Å². The topological polar surface area (TPSA) is 66.9 Å². The molecule has 0 unspecified atom stereocenters. The first-order chi connectivity index (χ1) is 12.3. The number of aromatic nitrogens is 2. The lowest BCUT2D eigenvalue weighted by Gasteiger charge is -2.04. The summed E-state index contributed by atoms with van der Waals surface area (Å²) in [6.45, 7) is 0.677. The summed E-state index contributed by atoms with van der Waals surface area (Å²) >= 11 is 1.47. The first-order valence-corrected chi connectivity index (χ1v) is 9.10. The van der Waals surface area contributed by atoms with E-state index in [9.17, 15) is 4.79 Å². The molecule has 1 amide bonds. The van der Waals surface area contributed by atoms with Crippen molar-refractivity contribution in [3.05, 3.63) is 71.4 Å². The fraction of sp³-hybridized carbons (Fsp3) is 0.211. The average molecular weight is 352 g/mol. The van der Waals surface area contributed by atoms with Crippen molar-refractivity contribution in [1.29, 1.82) is 0 Å². The number of nitrogens with one attached hydrogen (secondary N) is 2. The second-order valence-electron chi connectivity index (χ2n) is 5.60. The molecule has 2 heterocycles. The van der Waals surface area contributed by atoms with Crippen LogP contribution < -0.4 is 10.6 Å². The highest BCUT2D eigenvalue weighted by Gasteiger charge is 2.08. The average Bonchev–Trinajstić information content (AvgIpc) is 3.07. The van der Waals surface area contributed by atoms with Gasteiger partial charge in [-0.3, -0.25) is 4.79 Å². The third-order valence-electron chi connectivity index (χ3n) is 3.60. The van der Waals surface area contributed by atoms with E-state index < -0.39 is 0 Å². The van der Waals surface area contributed by atoms with Crippen LogP contribution in [0.1, 0.15) is 17.7 Å². The Bertz CT molecular complexity index is 789. The maximum absolute atomic E-state index is 12.0. The minimum absolute atomic E-state index is 0.00254. The number of anilines is 2. The fourth-order valence-electron chi connectivity index (χ4n) is 2.38. The van der Waals surface area contributed by atoms with Crippen LogP contribution in [-0.4, -0.2) is 22.4 Å². The Morgan fingerprint density at radius 3 is 2.72 bits per heavy atom. The molecule has 0 aliphatic heterocycles. The van der Waals surface area contributed by atoms with Gasteiger partial charge >= 0.3 is 0 Å². The minimum atomic E-state index is 0.00254. The molecule has 3 rings (SSSR count). The lowest BCUT2D eigenvalue weighted by molar-refractivity contribution is -0.120. The SMILES string of the molecule is O=C(Cc1csc(Nc2ccccn2)n1)NCCCc1ccccc1. The van der Waals surface area contributed by atoms with Crippen LogP contribution in [0.15, 0.2) is 60.1 Å². The summed E-state index contributed by atoms with van der Waals surface area (Å²) in [7, 11) is 0. The quantitative estimate of drug-likeness (QED) is 0.608. The van der Waals surface area contributed by atoms with E-state index in [1.807, 2.05) is 41.8 Å². The van der Waals surface area contributed by atoms with Gasteiger partial charge in [-0.1, -0.05) is 36.4 Å². The van der Waals surface area contributed by atoms with Gasteiger partial charge in [-0.15, -0.1) is 11.3 Å². The molecule has 5 nitrogen and oxygen atoms in total. The van der Waals surface area contributed by atoms with Gasteiger partial charge in [0.2, 0.25) is 5.91 Å². The van der Waals surface area contributed by atoms with Gasteiger partial charge in [0, 0.05) is 18.1 Å². The summed E-state index contributed by atoms with van der Waals surface area (Å²) in [6, 6.07) is 15.9. The van der Waals surface area contributed by atoms with Gasteiger partial charge in [0.25, 0.3) is 0 Å².